The zero-order valence-electron chi connectivity index (χ0n) is 11.5. The fourth-order valence-electron chi connectivity index (χ4n) is 2.07. The van der Waals surface area contributed by atoms with Crippen molar-refractivity contribution in [1.82, 2.24) is 10.2 Å². The monoisotopic (exact) mass is 258 g/mol. The van der Waals surface area contributed by atoms with Gasteiger partial charge in [0.25, 0.3) is 0 Å². The Hall–Kier alpha value is -1.58. The fraction of sp³-hybridized carbons (Fsp3) is 0.375. The van der Waals surface area contributed by atoms with Gasteiger partial charge in [-0.2, -0.15) is 0 Å². The molecule has 0 amide bonds. The van der Waals surface area contributed by atoms with E-state index in [1.807, 2.05) is 6.07 Å². The standard InChI is InChI=1S/C16H22N2O/c1-18(13-15-6-3-2-4-7-15)10-5-9-17-12-16-8-11-19-14-16/h2-4,6-8,11,14,17H,5,9-10,12-13H2,1H3. The van der Waals surface area contributed by atoms with Crippen LogP contribution in [0.1, 0.15) is 17.5 Å². The van der Waals surface area contributed by atoms with Crippen molar-refractivity contribution in [2.24, 2.45) is 0 Å². The molecule has 0 saturated carbocycles. The summed E-state index contributed by atoms with van der Waals surface area (Å²) in [4.78, 5) is 2.36. The van der Waals surface area contributed by atoms with Crippen LogP contribution >= 0.6 is 0 Å². The molecule has 3 nitrogen and oxygen atoms in total. The number of hydrogen-bond donors (Lipinski definition) is 1. The third-order valence-electron chi connectivity index (χ3n) is 3.10. The van der Waals surface area contributed by atoms with Crippen molar-refractivity contribution in [3.05, 3.63) is 60.1 Å². The van der Waals surface area contributed by atoms with Crippen molar-refractivity contribution in [3.63, 3.8) is 0 Å². The molecule has 0 spiro atoms. The van der Waals surface area contributed by atoms with E-state index < -0.39 is 0 Å². The molecule has 0 aliphatic heterocycles. The van der Waals surface area contributed by atoms with Crippen molar-refractivity contribution < 1.29 is 4.42 Å². The molecule has 0 radical (unpaired) electrons. The largest absolute Gasteiger partial charge is 0.472 e. The van der Waals surface area contributed by atoms with Crippen LogP contribution in [-0.2, 0) is 13.1 Å². The summed E-state index contributed by atoms with van der Waals surface area (Å²) in [7, 11) is 2.17. The van der Waals surface area contributed by atoms with Gasteiger partial charge in [0.05, 0.1) is 12.5 Å². The van der Waals surface area contributed by atoms with E-state index in [1.54, 1.807) is 12.5 Å². The highest BCUT2D eigenvalue weighted by Crippen LogP contribution is 2.03. The quantitative estimate of drug-likeness (QED) is 0.738. The second-order valence-corrected chi connectivity index (χ2v) is 4.89. The highest BCUT2D eigenvalue weighted by atomic mass is 16.3. The van der Waals surface area contributed by atoms with Gasteiger partial charge in [-0.1, -0.05) is 30.3 Å². The van der Waals surface area contributed by atoms with E-state index in [-0.39, 0.29) is 0 Å². The molecule has 0 unspecified atom stereocenters. The lowest BCUT2D eigenvalue weighted by molar-refractivity contribution is 0.319. The summed E-state index contributed by atoms with van der Waals surface area (Å²) in [6, 6.07) is 12.6. The Balaban J connectivity index is 1.55. The molecule has 0 aliphatic rings. The maximum Gasteiger partial charge on any atom is 0.0947 e. The molecule has 2 rings (SSSR count). The van der Waals surface area contributed by atoms with Crippen LogP contribution in [0.4, 0.5) is 0 Å². The number of rotatable bonds is 8. The molecule has 0 saturated heterocycles. The molecule has 19 heavy (non-hydrogen) atoms. The summed E-state index contributed by atoms with van der Waals surface area (Å²) in [6.07, 6.45) is 4.65. The average molecular weight is 258 g/mol. The van der Waals surface area contributed by atoms with Crippen molar-refractivity contribution >= 4 is 0 Å². The highest BCUT2D eigenvalue weighted by molar-refractivity contribution is 5.14. The van der Waals surface area contributed by atoms with Gasteiger partial charge in [0.15, 0.2) is 0 Å². The Labute approximate surface area is 115 Å². The van der Waals surface area contributed by atoms with Crippen LogP contribution in [0.3, 0.4) is 0 Å². The van der Waals surface area contributed by atoms with Crippen molar-refractivity contribution in [2.45, 2.75) is 19.5 Å². The van der Waals surface area contributed by atoms with Gasteiger partial charge in [0.2, 0.25) is 0 Å². The van der Waals surface area contributed by atoms with E-state index in [1.165, 1.54) is 11.1 Å². The first-order valence-electron chi connectivity index (χ1n) is 6.79. The minimum atomic E-state index is 0.888. The molecule has 0 aliphatic carbocycles. The van der Waals surface area contributed by atoms with E-state index >= 15 is 0 Å². The van der Waals surface area contributed by atoms with Crippen molar-refractivity contribution in [3.8, 4) is 0 Å². The molecule has 1 N–H and O–H groups in total. The van der Waals surface area contributed by atoms with Crippen LogP contribution in [0, 0.1) is 0 Å². The third kappa shape index (κ3) is 5.28. The van der Waals surface area contributed by atoms with Crippen molar-refractivity contribution in [2.75, 3.05) is 20.1 Å². The van der Waals surface area contributed by atoms with E-state index in [0.717, 1.165) is 32.6 Å². The second-order valence-electron chi connectivity index (χ2n) is 4.89. The number of nitrogens with zero attached hydrogens (tertiary/aromatic N) is 1. The van der Waals surface area contributed by atoms with Gasteiger partial charge in [-0.3, -0.25) is 0 Å². The minimum Gasteiger partial charge on any atom is -0.472 e. The molecule has 1 heterocycles. The lowest BCUT2D eigenvalue weighted by atomic mass is 10.2. The predicted molar refractivity (Wildman–Crippen MR) is 77.8 cm³/mol. The molecule has 0 atom stereocenters. The Morgan fingerprint density at radius 2 is 1.95 bits per heavy atom. The van der Waals surface area contributed by atoms with E-state index in [9.17, 15) is 0 Å². The topological polar surface area (TPSA) is 28.4 Å². The smallest absolute Gasteiger partial charge is 0.0947 e. The Kier molecular flexibility index (Phi) is 5.66. The first-order valence-corrected chi connectivity index (χ1v) is 6.79. The van der Waals surface area contributed by atoms with Gasteiger partial charge >= 0.3 is 0 Å². The summed E-state index contributed by atoms with van der Waals surface area (Å²) >= 11 is 0. The first-order chi connectivity index (χ1) is 9.34. The molecular weight excluding hydrogens is 236 g/mol. The van der Waals surface area contributed by atoms with Gasteiger partial charge in [0.1, 0.15) is 0 Å². The Bertz CT molecular complexity index is 439. The number of hydrogen-bond acceptors (Lipinski definition) is 3. The van der Waals surface area contributed by atoms with Gasteiger partial charge in [-0.05, 0) is 38.2 Å². The Morgan fingerprint density at radius 1 is 1.11 bits per heavy atom. The molecule has 1 aromatic carbocycles. The normalized spacial score (nSPS) is 11.1. The summed E-state index contributed by atoms with van der Waals surface area (Å²) in [6.45, 7) is 4.04. The van der Waals surface area contributed by atoms with E-state index in [2.05, 4.69) is 47.6 Å². The van der Waals surface area contributed by atoms with Crippen molar-refractivity contribution in [1.29, 1.82) is 0 Å². The lowest BCUT2D eigenvalue weighted by Crippen LogP contribution is -2.23. The number of nitrogens with one attached hydrogen (secondary N) is 1. The van der Waals surface area contributed by atoms with Crippen LogP contribution < -0.4 is 5.32 Å². The van der Waals surface area contributed by atoms with Crippen LogP contribution in [0.25, 0.3) is 0 Å². The van der Waals surface area contributed by atoms with Gasteiger partial charge in [-0.15, -0.1) is 0 Å². The second kappa shape index (κ2) is 7.77. The van der Waals surface area contributed by atoms with Gasteiger partial charge < -0.3 is 14.6 Å². The maximum absolute atomic E-state index is 5.03. The number of furan rings is 1. The molecule has 102 valence electrons. The fourth-order valence-corrected chi connectivity index (χ4v) is 2.07. The first kappa shape index (κ1) is 13.8. The molecule has 0 bridgehead atoms. The zero-order valence-corrected chi connectivity index (χ0v) is 11.5. The van der Waals surface area contributed by atoms with Crippen LogP contribution in [0.15, 0.2) is 53.3 Å². The maximum atomic E-state index is 5.03. The predicted octanol–water partition coefficient (Wildman–Crippen LogP) is 2.89. The summed E-state index contributed by atoms with van der Waals surface area (Å²) in [5.74, 6) is 0. The van der Waals surface area contributed by atoms with Gasteiger partial charge in [-0.25, -0.2) is 0 Å². The minimum absolute atomic E-state index is 0.888. The van der Waals surface area contributed by atoms with E-state index in [0.29, 0.717) is 0 Å². The SMILES string of the molecule is CN(CCCNCc1ccoc1)Cc1ccccc1. The molecule has 2 aromatic rings. The average Bonchev–Trinajstić information content (AvgIpc) is 2.92. The zero-order chi connectivity index (χ0) is 13.3. The van der Waals surface area contributed by atoms with E-state index in [4.69, 9.17) is 4.42 Å². The van der Waals surface area contributed by atoms with Crippen LogP contribution in [-0.4, -0.2) is 25.0 Å². The molecule has 0 fully saturated rings. The third-order valence-corrected chi connectivity index (χ3v) is 3.10. The van der Waals surface area contributed by atoms with Crippen LogP contribution in [0.5, 0.6) is 0 Å². The Morgan fingerprint density at radius 3 is 2.68 bits per heavy atom. The summed E-state index contributed by atoms with van der Waals surface area (Å²) in [5, 5.41) is 3.42. The lowest BCUT2D eigenvalue weighted by Gasteiger charge is -2.16. The molecular formula is C16H22N2O. The number of benzene rings is 1. The molecule has 3 heteroatoms. The van der Waals surface area contributed by atoms with Crippen LogP contribution in [0.2, 0.25) is 0 Å². The summed E-state index contributed by atoms with van der Waals surface area (Å²) in [5.41, 5.74) is 2.58. The highest BCUT2D eigenvalue weighted by Gasteiger charge is 1.99. The van der Waals surface area contributed by atoms with Gasteiger partial charge in [0, 0.05) is 18.7 Å². The summed E-state index contributed by atoms with van der Waals surface area (Å²) < 4.78 is 5.03. The molecule has 1 aromatic heterocycles.